The Balaban J connectivity index is 2.75. The molecule has 0 saturated heterocycles. The molecule has 0 aliphatic heterocycles. The number of benzene rings is 1. The van der Waals surface area contributed by atoms with Crippen LogP contribution < -0.4 is 5.43 Å². The monoisotopic (exact) mass is 262 g/mol. The van der Waals surface area contributed by atoms with E-state index in [1.54, 1.807) is 0 Å². The summed E-state index contributed by atoms with van der Waals surface area (Å²) in [5.74, 6) is 0. The molecular weight excluding hydrogens is 240 g/mol. The summed E-state index contributed by atoms with van der Waals surface area (Å²) >= 11 is 0. The summed E-state index contributed by atoms with van der Waals surface area (Å²) in [5, 5.41) is 4.06. The van der Waals surface area contributed by atoms with Crippen LogP contribution in [-0.2, 0) is 4.74 Å². The van der Waals surface area contributed by atoms with Gasteiger partial charge in [-0.25, -0.2) is 10.2 Å². The molecule has 0 unspecified atom stereocenters. The second kappa shape index (κ2) is 5.87. The van der Waals surface area contributed by atoms with Gasteiger partial charge in [0.15, 0.2) is 0 Å². The zero-order valence-electron chi connectivity index (χ0n) is 12.5. The first kappa shape index (κ1) is 15.2. The summed E-state index contributed by atoms with van der Waals surface area (Å²) in [5.41, 5.74) is 5.99. The third-order valence-corrected chi connectivity index (χ3v) is 2.49. The third kappa shape index (κ3) is 5.12. The molecule has 4 heteroatoms. The highest BCUT2D eigenvalue weighted by Crippen LogP contribution is 2.11. The molecule has 0 radical (unpaired) electrons. The SMILES string of the molecule is C/C(=N\NC(=O)OC(C)(C)C)c1ccc(C)cc1C. The lowest BCUT2D eigenvalue weighted by Crippen LogP contribution is -2.30. The van der Waals surface area contributed by atoms with Crippen molar-refractivity contribution in [3.05, 3.63) is 34.9 Å². The van der Waals surface area contributed by atoms with Gasteiger partial charge in [-0.3, -0.25) is 0 Å². The Morgan fingerprint density at radius 2 is 1.89 bits per heavy atom. The fraction of sp³-hybridized carbons (Fsp3) is 0.467. The Kier molecular flexibility index (Phi) is 4.70. The molecule has 1 amide bonds. The molecule has 4 nitrogen and oxygen atoms in total. The van der Waals surface area contributed by atoms with Crippen molar-refractivity contribution in [2.45, 2.75) is 47.1 Å². The van der Waals surface area contributed by atoms with E-state index in [-0.39, 0.29) is 0 Å². The zero-order chi connectivity index (χ0) is 14.6. The molecule has 0 bridgehead atoms. The number of aryl methyl sites for hydroxylation is 2. The Morgan fingerprint density at radius 1 is 1.26 bits per heavy atom. The van der Waals surface area contributed by atoms with E-state index in [2.05, 4.69) is 16.6 Å². The van der Waals surface area contributed by atoms with Crippen molar-refractivity contribution in [1.82, 2.24) is 5.43 Å². The molecule has 1 aromatic carbocycles. The highest BCUT2D eigenvalue weighted by Gasteiger charge is 2.15. The number of rotatable bonds is 2. The van der Waals surface area contributed by atoms with Gasteiger partial charge in [-0.1, -0.05) is 23.8 Å². The van der Waals surface area contributed by atoms with Crippen molar-refractivity contribution in [2.75, 3.05) is 0 Å². The van der Waals surface area contributed by atoms with E-state index in [9.17, 15) is 4.79 Å². The van der Waals surface area contributed by atoms with Crippen molar-refractivity contribution in [3.8, 4) is 0 Å². The van der Waals surface area contributed by atoms with Crippen molar-refractivity contribution < 1.29 is 9.53 Å². The molecule has 1 aromatic rings. The molecule has 0 heterocycles. The number of carbonyl (C=O) groups excluding carboxylic acids is 1. The molecule has 0 spiro atoms. The van der Waals surface area contributed by atoms with Gasteiger partial charge in [-0.15, -0.1) is 0 Å². The van der Waals surface area contributed by atoms with Crippen LogP contribution in [0, 0.1) is 13.8 Å². The van der Waals surface area contributed by atoms with Crippen LogP contribution >= 0.6 is 0 Å². The van der Waals surface area contributed by atoms with Gasteiger partial charge < -0.3 is 4.74 Å². The number of ether oxygens (including phenoxy) is 1. The first-order valence-electron chi connectivity index (χ1n) is 6.30. The van der Waals surface area contributed by atoms with E-state index < -0.39 is 11.7 Å². The summed E-state index contributed by atoms with van der Waals surface area (Å²) in [6.07, 6.45) is -0.545. The molecule has 1 rings (SSSR count). The molecule has 0 aliphatic carbocycles. The molecule has 104 valence electrons. The number of nitrogens with one attached hydrogen (secondary N) is 1. The van der Waals surface area contributed by atoms with E-state index in [1.165, 1.54) is 5.56 Å². The fourth-order valence-electron chi connectivity index (χ4n) is 1.71. The number of carbonyl (C=O) groups is 1. The minimum absolute atomic E-state index is 0.521. The van der Waals surface area contributed by atoms with Crippen LogP contribution in [0.5, 0.6) is 0 Å². The lowest BCUT2D eigenvalue weighted by atomic mass is 10.0. The maximum atomic E-state index is 11.5. The van der Waals surface area contributed by atoms with Crippen LogP contribution in [0.2, 0.25) is 0 Å². The minimum atomic E-state index is -0.545. The topological polar surface area (TPSA) is 50.7 Å². The minimum Gasteiger partial charge on any atom is -0.443 e. The number of hydrogen-bond acceptors (Lipinski definition) is 3. The first-order chi connectivity index (χ1) is 8.69. The number of hydrazone groups is 1. The van der Waals surface area contributed by atoms with Gasteiger partial charge in [-0.05, 0) is 47.1 Å². The van der Waals surface area contributed by atoms with Crippen molar-refractivity contribution >= 4 is 11.8 Å². The molecular formula is C15H22N2O2. The Hall–Kier alpha value is -1.84. The highest BCUT2D eigenvalue weighted by molar-refractivity contribution is 6.00. The Morgan fingerprint density at radius 3 is 2.42 bits per heavy atom. The van der Waals surface area contributed by atoms with Gasteiger partial charge in [0.25, 0.3) is 0 Å². The van der Waals surface area contributed by atoms with Crippen molar-refractivity contribution in [2.24, 2.45) is 5.10 Å². The molecule has 0 atom stereocenters. The summed E-state index contributed by atoms with van der Waals surface area (Å²) in [4.78, 5) is 11.5. The Labute approximate surface area is 114 Å². The smallest absolute Gasteiger partial charge is 0.428 e. The molecule has 0 aromatic heterocycles. The highest BCUT2D eigenvalue weighted by atomic mass is 16.6. The van der Waals surface area contributed by atoms with E-state index in [0.717, 1.165) is 16.8 Å². The normalized spacial score (nSPS) is 12.2. The van der Waals surface area contributed by atoms with E-state index in [4.69, 9.17) is 4.74 Å². The Bertz CT molecular complexity index is 499. The van der Waals surface area contributed by atoms with Crippen molar-refractivity contribution in [3.63, 3.8) is 0 Å². The predicted molar refractivity (Wildman–Crippen MR) is 77.5 cm³/mol. The zero-order valence-corrected chi connectivity index (χ0v) is 12.5. The number of hydrogen-bond donors (Lipinski definition) is 1. The summed E-state index contributed by atoms with van der Waals surface area (Å²) in [7, 11) is 0. The van der Waals surface area contributed by atoms with Crippen molar-refractivity contribution in [1.29, 1.82) is 0 Å². The average Bonchev–Trinajstić information content (AvgIpc) is 2.23. The molecule has 0 saturated carbocycles. The molecule has 0 aliphatic rings. The van der Waals surface area contributed by atoms with Crippen LogP contribution in [0.25, 0.3) is 0 Å². The van der Waals surface area contributed by atoms with Crippen LogP contribution in [0.4, 0.5) is 4.79 Å². The standard InChI is InChI=1S/C15H22N2O2/c1-10-7-8-13(11(2)9-10)12(3)16-17-14(18)19-15(4,5)6/h7-9H,1-6H3,(H,17,18)/b16-12+. The van der Waals surface area contributed by atoms with Crippen LogP contribution in [0.3, 0.4) is 0 Å². The van der Waals surface area contributed by atoms with E-state index in [0.29, 0.717) is 0 Å². The second-order valence-electron chi connectivity index (χ2n) is 5.63. The molecule has 19 heavy (non-hydrogen) atoms. The van der Waals surface area contributed by atoms with E-state index in [1.807, 2.05) is 53.7 Å². The lowest BCUT2D eigenvalue weighted by molar-refractivity contribution is 0.0529. The van der Waals surface area contributed by atoms with Crippen LogP contribution in [0.15, 0.2) is 23.3 Å². The van der Waals surface area contributed by atoms with Gasteiger partial charge in [0, 0.05) is 5.56 Å². The maximum absolute atomic E-state index is 11.5. The van der Waals surface area contributed by atoms with Gasteiger partial charge in [0.1, 0.15) is 5.60 Å². The summed E-state index contributed by atoms with van der Waals surface area (Å²) < 4.78 is 5.12. The quantitative estimate of drug-likeness (QED) is 0.654. The van der Waals surface area contributed by atoms with Gasteiger partial charge in [-0.2, -0.15) is 5.10 Å². The fourth-order valence-corrected chi connectivity index (χ4v) is 1.71. The molecule has 0 fully saturated rings. The van der Waals surface area contributed by atoms with Gasteiger partial charge in [0.05, 0.1) is 5.71 Å². The second-order valence-corrected chi connectivity index (χ2v) is 5.63. The first-order valence-corrected chi connectivity index (χ1v) is 6.30. The average molecular weight is 262 g/mol. The lowest BCUT2D eigenvalue weighted by Gasteiger charge is -2.18. The molecule has 1 N–H and O–H groups in total. The van der Waals surface area contributed by atoms with Gasteiger partial charge in [0.2, 0.25) is 0 Å². The largest absolute Gasteiger partial charge is 0.443 e. The summed E-state index contributed by atoms with van der Waals surface area (Å²) in [6.45, 7) is 11.4. The number of nitrogens with zero attached hydrogens (tertiary/aromatic N) is 1. The van der Waals surface area contributed by atoms with Crippen LogP contribution in [0.1, 0.15) is 44.4 Å². The van der Waals surface area contributed by atoms with E-state index >= 15 is 0 Å². The maximum Gasteiger partial charge on any atom is 0.428 e. The number of amides is 1. The predicted octanol–water partition coefficient (Wildman–Crippen LogP) is 3.55. The third-order valence-electron chi connectivity index (χ3n) is 2.49. The van der Waals surface area contributed by atoms with Gasteiger partial charge >= 0.3 is 6.09 Å². The summed E-state index contributed by atoms with van der Waals surface area (Å²) in [6, 6.07) is 6.11. The van der Waals surface area contributed by atoms with Crippen LogP contribution in [-0.4, -0.2) is 17.4 Å².